The van der Waals surface area contributed by atoms with Crippen LogP contribution >= 0.6 is 11.6 Å². The number of carbonyl (C=O) groups excluding carboxylic acids is 2. The van der Waals surface area contributed by atoms with Crippen molar-refractivity contribution in [3.05, 3.63) is 100 Å². The molecule has 1 fully saturated rings. The highest BCUT2D eigenvalue weighted by Gasteiger charge is 2.30. The highest BCUT2D eigenvalue weighted by atomic mass is 35.5. The average Bonchev–Trinajstić information content (AvgIpc) is 3.37. The first kappa shape index (κ1) is 31.4. The summed E-state index contributed by atoms with van der Waals surface area (Å²) in [5.41, 5.74) is 3.73. The molecule has 44 heavy (non-hydrogen) atoms. The number of piperidine rings is 1. The number of para-hydroxylation sites is 1. The molecule has 0 spiro atoms. The average molecular weight is 638 g/mol. The number of aryl methyl sites for hydroxylation is 2. The third kappa shape index (κ3) is 7.54. The summed E-state index contributed by atoms with van der Waals surface area (Å²) in [5, 5.41) is 1.09. The minimum Gasteiger partial charge on any atom is -0.491 e. The summed E-state index contributed by atoms with van der Waals surface area (Å²) in [4.78, 5) is 27.7. The molecule has 2 amide bonds. The highest BCUT2D eigenvalue weighted by Crippen LogP contribution is 2.28. The number of hydrogen-bond donors (Lipinski definition) is 1. The van der Waals surface area contributed by atoms with E-state index in [0.717, 1.165) is 22.4 Å². The lowest BCUT2D eigenvalue weighted by molar-refractivity contribution is 0.0811. The van der Waals surface area contributed by atoms with Crippen LogP contribution in [0.2, 0.25) is 5.02 Å². The number of likely N-dealkylation sites (tertiary alicyclic amines) is 1. The molecule has 5 rings (SSSR count). The van der Waals surface area contributed by atoms with Crippen LogP contribution in [-0.2, 0) is 27.9 Å². The summed E-state index contributed by atoms with van der Waals surface area (Å²) in [6, 6.07) is 22.2. The van der Waals surface area contributed by atoms with E-state index in [-0.39, 0.29) is 37.1 Å². The maximum Gasteiger partial charge on any atom is 0.410 e. The Morgan fingerprint density at radius 1 is 1.00 bits per heavy atom. The van der Waals surface area contributed by atoms with Gasteiger partial charge in [-0.25, -0.2) is 17.9 Å². The molecule has 232 valence electrons. The second-order valence-electron chi connectivity index (χ2n) is 11.1. The van der Waals surface area contributed by atoms with Gasteiger partial charge in [0.1, 0.15) is 24.7 Å². The van der Waals surface area contributed by atoms with Crippen LogP contribution < -0.4 is 9.46 Å². The predicted molar refractivity (Wildman–Crippen MR) is 171 cm³/mol. The zero-order valence-corrected chi connectivity index (χ0v) is 26.4. The normalized spacial score (nSPS) is 15.2. The molecule has 1 aliphatic rings. The number of sulfonamides is 1. The minimum absolute atomic E-state index is 0.142. The van der Waals surface area contributed by atoms with E-state index >= 15 is 0 Å². The van der Waals surface area contributed by atoms with Crippen molar-refractivity contribution in [2.24, 2.45) is 5.92 Å². The molecule has 0 radical (unpaired) electrons. The number of aromatic nitrogens is 1. The summed E-state index contributed by atoms with van der Waals surface area (Å²) in [7, 11) is -4.03. The Kier molecular flexibility index (Phi) is 9.80. The van der Waals surface area contributed by atoms with Crippen molar-refractivity contribution in [3.63, 3.8) is 0 Å². The lowest BCUT2D eigenvalue weighted by atomic mass is 10.0. The third-order valence-corrected chi connectivity index (χ3v) is 9.52. The number of rotatable bonds is 10. The second kappa shape index (κ2) is 13.7. The van der Waals surface area contributed by atoms with Gasteiger partial charge in [-0.3, -0.25) is 4.79 Å². The van der Waals surface area contributed by atoms with Gasteiger partial charge in [0.15, 0.2) is 0 Å². The standard InChI is InChI=1S/C33H36ClN3O6S/c1-23-9-6-10-24(2)31(23)42-18-17-37-29-15-7-14-28(34)27(29)19-30(37)32(38)35-44(40,41)22-26-13-8-16-36(20-26)33(39)43-21-25-11-4-3-5-12-25/h3-7,9-12,14-15,19,26H,8,13,16-18,20-22H2,1-2H3,(H,35,38)/t26-/m1/s1. The number of ether oxygens (including phenoxy) is 2. The van der Waals surface area contributed by atoms with Gasteiger partial charge in [0, 0.05) is 23.5 Å². The first-order valence-corrected chi connectivity index (χ1v) is 16.6. The zero-order valence-electron chi connectivity index (χ0n) is 24.8. The summed E-state index contributed by atoms with van der Waals surface area (Å²) in [6.45, 7) is 5.35. The molecule has 3 aromatic carbocycles. The monoisotopic (exact) mass is 637 g/mol. The van der Waals surface area contributed by atoms with E-state index in [2.05, 4.69) is 4.72 Å². The van der Waals surface area contributed by atoms with Crippen LogP contribution in [0.1, 0.15) is 40.0 Å². The first-order chi connectivity index (χ1) is 21.1. The number of carbonyl (C=O) groups is 2. The van der Waals surface area contributed by atoms with Gasteiger partial charge in [-0.2, -0.15) is 0 Å². The van der Waals surface area contributed by atoms with Crippen molar-refractivity contribution >= 4 is 44.5 Å². The van der Waals surface area contributed by atoms with Crippen molar-refractivity contribution in [2.75, 3.05) is 25.4 Å². The van der Waals surface area contributed by atoms with Crippen LogP contribution in [0.25, 0.3) is 10.9 Å². The summed E-state index contributed by atoms with van der Waals surface area (Å²) >= 11 is 6.44. The zero-order chi connectivity index (χ0) is 31.3. The number of benzene rings is 3. The Bertz CT molecular complexity index is 1740. The smallest absolute Gasteiger partial charge is 0.410 e. The molecule has 1 aromatic heterocycles. The fourth-order valence-corrected chi connectivity index (χ4v) is 7.25. The first-order valence-electron chi connectivity index (χ1n) is 14.6. The van der Waals surface area contributed by atoms with Gasteiger partial charge in [-0.1, -0.05) is 66.2 Å². The van der Waals surface area contributed by atoms with Crippen LogP contribution in [0.3, 0.4) is 0 Å². The van der Waals surface area contributed by atoms with Gasteiger partial charge in [-0.15, -0.1) is 0 Å². The molecule has 2 heterocycles. The van der Waals surface area contributed by atoms with E-state index in [0.29, 0.717) is 41.9 Å². The van der Waals surface area contributed by atoms with E-state index in [4.69, 9.17) is 21.1 Å². The predicted octanol–water partition coefficient (Wildman–Crippen LogP) is 6.10. The van der Waals surface area contributed by atoms with Crippen LogP contribution in [0.4, 0.5) is 4.79 Å². The maximum atomic E-state index is 13.5. The second-order valence-corrected chi connectivity index (χ2v) is 13.3. The van der Waals surface area contributed by atoms with Crippen molar-refractivity contribution in [3.8, 4) is 5.75 Å². The molecule has 4 aromatic rings. The van der Waals surface area contributed by atoms with Gasteiger partial charge in [-0.05, 0) is 67.5 Å². The highest BCUT2D eigenvalue weighted by molar-refractivity contribution is 7.90. The van der Waals surface area contributed by atoms with E-state index < -0.39 is 22.0 Å². The van der Waals surface area contributed by atoms with Gasteiger partial charge >= 0.3 is 6.09 Å². The molecule has 0 unspecified atom stereocenters. The van der Waals surface area contributed by atoms with Gasteiger partial charge < -0.3 is 18.9 Å². The number of fused-ring (bicyclic) bond motifs is 1. The minimum atomic E-state index is -4.03. The summed E-state index contributed by atoms with van der Waals surface area (Å²) in [6.07, 6.45) is 0.773. The Balaban J connectivity index is 1.25. The van der Waals surface area contributed by atoms with Crippen molar-refractivity contribution in [1.29, 1.82) is 0 Å². The number of amides is 2. The fraction of sp³-hybridized carbons (Fsp3) is 0.333. The van der Waals surface area contributed by atoms with E-state index in [1.807, 2.05) is 68.4 Å². The molecule has 1 N–H and O–H groups in total. The Morgan fingerprint density at radius 3 is 2.48 bits per heavy atom. The molecule has 9 nitrogen and oxygen atoms in total. The lowest BCUT2D eigenvalue weighted by Crippen LogP contribution is -2.44. The largest absolute Gasteiger partial charge is 0.491 e. The van der Waals surface area contributed by atoms with Crippen molar-refractivity contribution < 1.29 is 27.5 Å². The molecular weight excluding hydrogens is 602 g/mol. The fourth-order valence-electron chi connectivity index (χ4n) is 5.67. The van der Waals surface area contributed by atoms with Gasteiger partial charge in [0.05, 0.1) is 17.8 Å². The quantitative estimate of drug-likeness (QED) is 0.225. The maximum absolute atomic E-state index is 13.5. The van der Waals surface area contributed by atoms with E-state index in [1.165, 1.54) is 4.90 Å². The topological polar surface area (TPSA) is 107 Å². The Hall–Kier alpha value is -4.02. The van der Waals surface area contributed by atoms with Crippen LogP contribution in [0.15, 0.2) is 72.8 Å². The number of halogens is 1. The van der Waals surface area contributed by atoms with E-state index in [9.17, 15) is 18.0 Å². The summed E-state index contributed by atoms with van der Waals surface area (Å²) in [5.74, 6) is -0.609. The van der Waals surface area contributed by atoms with Crippen molar-refractivity contribution in [1.82, 2.24) is 14.2 Å². The number of hydrogen-bond acceptors (Lipinski definition) is 6. The van der Waals surface area contributed by atoms with Crippen molar-refractivity contribution in [2.45, 2.75) is 39.8 Å². The molecule has 1 saturated heterocycles. The lowest BCUT2D eigenvalue weighted by Gasteiger charge is -2.31. The van der Waals surface area contributed by atoms with Crippen LogP contribution in [-0.4, -0.2) is 55.3 Å². The molecule has 0 saturated carbocycles. The molecule has 1 atom stereocenters. The molecule has 0 bridgehead atoms. The Morgan fingerprint density at radius 2 is 1.73 bits per heavy atom. The SMILES string of the molecule is Cc1cccc(C)c1OCCn1c(C(=O)NS(=O)(=O)C[C@@H]2CCCN(C(=O)OCc3ccccc3)C2)cc2c(Cl)cccc21. The Labute approximate surface area is 262 Å². The van der Waals surface area contributed by atoms with E-state index in [1.54, 1.807) is 22.8 Å². The number of nitrogens with one attached hydrogen (secondary N) is 1. The van der Waals surface area contributed by atoms with Crippen LogP contribution in [0.5, 0.6) is 5.75 Å². The summed E-state index contributed by atoms with van der Waals surface area (Å²) < 4.78 is 41.9. The third-order valence-electron chi connectivity index (χ3n) is 7.78. The van der Waals surface area contributed by atoms with Gasteiger partial charge in [0.2, 0.25) is 10.0 Å². The van der Waals surface area contributed by atoms with Gasteiger partial charge in [0.25, 0.3) is 5.91 Å². The molecular formula is C33H36ClN3O6S. The molecule has 0 aliphatic carbocycles. The molecule has 1 aliphatic heterocycles. The van der Waals surface area contributed by atoms with Crippen LogP contribution in [0, 0.1) is 19.8 Å². The molecule has 11 heteroatoms. The number of nitrogens with zero attached hydrogens (tertiary/aromatic N) is 2.